The lowest BCUT2D eigenvalue weighted by Crippen LogP contribution is -2.45. The summed E-state index contributed by atoms with van der Waals surface area (Å²) in [6.45, 7) is 5.93. The Kier molecular flexibility index (Phi) is 6.61. The van der Waals surface area contributed by atoms with Gasteiger partial charge in [-0.3, -0.25) is 14.5 Å². The molecule has 1 saturated heterocycles. The number of ether oxygens (including phenoxy) is 2. The van der Waals surface area contributed by atoms with Gasteiger partial charge in [0, 0.05) is 43.2 Å². The number of hydrogen-bond acceptors (Lipinski definition) is 6. The zero-order valence-corrected chi connectivity index (χ0v) is 21.8. The highest BCUT2D eigenvalue weighted by Gasteiger charge is 2.33. The van der Waals surface area contributed by atoms with Crippen LogP contribution in [0.2, 0.25) is 0 Å². The highest BCUT2D eigenvalue weighted by molar-refractivity contribution is 7.10. The van der Waals surface area contributed by atoms with Gasteiger partial charge in [-0.05, 0) is 66.1 Å². The Morgan fingerprint density at radius 3 is 2.62 bits per heavy atom. The lowest BCUT2D eigenvalue weighted by atomic mass is 9.90. The molecule has 1 aromatic heterocycles. The summed E-state index contributed by atoms with van der Waals surface area (Å²) in [4.78, 5) is 34.3. The second-order valence-electron chi connectivity index (χ2n) is 9.87. The molecule has 0 saturated carbocycles. The molecule has 2 aromatic carbocycles. The molecule has 192 valence electrons. The number of carbonyl (C=O) groups is 2. The van der Waals surface area contributed by atoms with Crippen LogP contribution in [0.15, 0.2) is 53.9 Å². The van der Waals surface area contributed by atoms with Crippen molar-refractivity contribution in [3.05, 3.63) is 81.0 Å². The Morgan fingerprint density at radius 2 is 1.73 bits per heavy atom. The molecular weight excluding hydrogens is 486 g/mol. The molecule has 2 amide bonds. The first-order valence-electron chi connectivity index (χ1n) is 12.9. The number of hydrogen-bond donors (Lipinski definition) is 0. The Bertz CT molecular complexity index is 1320. The summed E-state index contributed by atoms with van der Waals surface area (Å²) in [7, 11) is 0. The fourth-order valence-electron chi connectivity index (χ4n) is 5.65. The number of nitrogens with zero attached hydrogens (tertiary/aromatic N) is 3. The highest BCUT2D eigenvalue weighted by atomic mass is 32.1. The molecule has 3 aliphatic heterocycles. The summed E-state index contributed by atoms with van der Waals surface area (Å²) in [6.07, 6.45) is 1.73. The van der Waals surface area contributed by atoms with Crippen molar-refractivity contribution in [2.24, 2.45) is 0 Å². The number of benzene rings is 2. The van der Waals surface area contributed by atoms with Crippen molar-refractivity contribution in [1.82, 2.24) is 14.7 Å². The standard InChI is InChI=1S/C29H31N3O4S/c1-20-5-2-3-6-22(20)28-23-10-16-37-26(23)9-13-32(28)18-27(33)30-11-4-12-31(15-14-30)29(34)21-7-8-24-25(17-21)36-19-35-24/h2-3,5-8,10,16-17,28H,4,9,11-15,18-19H2,1H3/t28-/m0/s1. The summed E-state index contributed by atoms with van der Waals surface area (Å²) in [5, 5.41) is 2.17. The van der Waals surface area contributed by atoms with Crippen LogP contribution in [0.5, 0.6) is 11.5 Å². The molecule has 0 bridgehead atoms. The maximum Gasteiger partial charge on any atom is 0.254 e. The highest BCUT2D eigenvalue weighted by Crippen LogP contribution is 2.39. The Labute approximate surface area is 221 Å². The predicted octanol–water partition coefficient (Wildman–Crippen LogP) is 4.11. The number of aryl methyl sites for hydroxylation is 1. The van der Waals surface area contributed by atoms with E-state index >= 15 is 0 Å². The van der Waals surface area contributed by atoms with Crippen molar-refractivity contribution in [3.8, 4) is 11.5 Å². The summed E-state index contributed by atoms with van der Waals surface area (Å²) < 4.78 is 10.8. The monoisotopic (exact) mass is 517 g/mol. The van der Waals surface area contributed by atoms with Crippen LogP contribution < -0.4 is 9.47 Å². The van der Waals surface area contributed by atoms with E-state index in [1.807, 2.05) is 21.1 Å². The first-order valence-corrected chi connectivity index (χ1v) is 13.8. The second-order valence-corrected chi connectivity index (χ2v) is 10.9. The van der Waals surface area contributed by atoms with E-state index in [4.69, 9.17) is 9.47 Å². The molecule has 3 aromatic rings. The number of thiophene rings is 1. The maximum atomic E-state index is 13.6. The molecule has 0 spiro atoms. The normalized spacial score (nSPS) is 19.4. The van der Waals surface area contributed by atoms with Gasteiger partial charge < -0.3 is 19.3 Å². The first kappa shape index (κ1) is 24.0. The number of amides is 2. The van der Waals surface area contributed by atoms with Crippen LogP contribution in [0.4, 0.5) is 0 Å². The van der Waals surface area contributed by atoms with Crippen LogP contribution in [0, 0.1) is 6.92 Å². The average molecular weight is 518 g/mol. The largest absolute Gasteiger partial charge is 0.454 e. The van der Waals surface area contributed by atoms with E-state index in [-0.39, 0.29) is 24.6 Å². The zero-order valence-electron chi connectivity index (χ0n) is 21.0. The van der Waals surface area contributed by atoms with Crippen molar-refractivity contribution < 1.29 is 19.1 Å². The van der Waals surface area contributed by atoms with Gasteiger partial charge in [-0.25, -0.2) is 0 Å². The van der Waals surface area contributed by atoms with Gasteiger partial charge in [0.05, 0.1) is 12.6 Å². The van der Waals surface area contributed by atoms with Gasteiger partial charge in [-0.1, -0.05) is 24.3 Å². The van der Waals surface area contributed by atoms with Crippen molar-refractivity contribution in [1.29, 1.82) is 0 Å². The molecular formula is C29H31N3O4S. The molecule has 7 nitrogen and oxygen atoms in total. The topological polar surface area (TPSA) is 62.3 Å². The van der Waals surface area contributed by atoms with Crippen molar-refractivity contribution in [3.63, 3.8) is 0 Å². The van der Waals surface area contributed by atoms with Crippen molar-refractivity contribution in [2.75, 3.05) is 46.1 Å². The van der Waals surface area contributed by atoms with Gasteiger partial charge >= 0.3 is 0 Å². The molecule has 8 heteroatoms. The SMILES string of the molecule is Cc1ccccc1[C@H]1c2ccsc2CCN1CC(=O)N1CCCN(C(=O)c2ccc3c(c2)OCO3)CC1. The fourth-order valence-corrected chi connectivity index (χ4v) is 6.56. The van der Waals surface area contributed by atoms with Gasteiger partial charge in [-0.2, -0.15) is 0 Å². The average Bonchev–Trinajstić information content (AvgIpc) is 3.51. The minimum Gasteiger partial charge on any atom is -0.454 e. The molecule has 4 heterocycles. The number of fused-ring (bicyclic) bond motifs is 2. The van der Waals surface area contributed by atoms with Crippen molar-refractivity contribution in [2.45, 2.75) is 25.8 Å². The number of rotatable bonds is 4. The molecule has 1 fully saturated rings. The van der Waals surface area contributed by atoms with Gasteiger partial charge in [0.25, 0.3) is 5.91 Å². The summed E-state index contributed by atoms with van der Waals surface area (Å²) in [6, 6.07) is 16.1. The molecule has 3 aliphatic rings. The maximum absolute atomic E-state index is 13.6. The van der Waals surface area contributed by atoms with E-state index in [1.165, 1.54) is 21.6 Å². The molecule has 0 N–H and O–H groups in total. The molecule has 0 radical (unpaired) electrons. The summed E-state index contributed by atoms with van der Waals surface area (Å²) in [5.74, 6) is 1.37. The van der Waals surface area contributed by atoms with Gasteiger partial charge in [0.2, 0.25) is 12.7 Å². The minimum atomic E-state index is -0.0340. The van der Waals surface area contributed by atoms with Crippen LogP contribution in [0.3, 0.4) is 0 Å². The van der Waals surface area contributed by atoms with Gasteiger partial charge in [0.15, 0.2) is 11.5 Å². The van der Waals surface area contributed by atoms with Crippen LogP contribution in [0.1, 0.15) is 44.4 Å². The van der Waals surface area contributed by atoms with Gasteiger partial charge in [-0.15, -0.1) is 11.3 Å². The zero-order chi connectivity index (χ0) is 25.4. The quantitative estimate of drug-likeness (QED) is 0.521. The van der Waals surface area contributed by atoms with Crippen molar-refractivity contribution >= 4 is 23.2 Å². The third-order valence-corrected chi connectivity index (χ3v) is 8.64. The predicted molar refractivity (Wildman–Crippen MR) is 142 cm³/mol. The second kappa shape index (κ2) is 10.2. The molecule has 0 unspecified atom stereocenters. The third kappa shape index (κ3) is 4.71. The van der Waals surface area contributed by atoms with Crippen LogP contribution in [-0.2, 0) is 11.2 Å². The Balaban J connectivity index is 1.14. The van der Waals surface area contributed by atoms with Gasteiger partial charge in [0.1, 0.15) is 0 Å². The van der Waals surface area contributed by atoms with E-state index in [1.54, 1.807) is 18.2 Å². The third-order valence-electron chi connectivity index (χ3n) is 7.64. The van der Waals surface area contributed by atoms with Crippen LogP contribution in [-0.4, -0.2) is 72.6 Å². The van der Waals surface area contributed by atoms with E-state index < -0.39 is 0 Å². The molecule has 1 atom stereocenters. The first-order chi connectivity index (χ1) is 18.1. The van der Waals surface area contributed by atoms with E-state index in [9.17, 15) is 9.59 Å². The smallest absolute Gasteiger partial charge is 0.254 e. The fraction of sp³-hybridized carbons (Fsp3) is 0.379. The molecule has 6 rings (SSSR count). The molecule has 37 heavy (non-hydrogen) atoms. The minimum absolute atomic E-state index is 0.0340. The lowest BCUT2D eigenvalue weighted by molar-refractivity contribution is -0.132. The molecule has 0 aliphatic carbocycles. The van der Waals surface area contributed by atoms with Crippen LogP contribution in [0.25, 0.3) is 0 Å². The lowest BCUT2D eigenvalue weighted by Gasteiger charge is -2.37. The van der Waals surface area contributed by atoms with E-state index in [2.05, 4.69) is 47.5 Å². The van der Waals surface area contributed by atoms with E-state index in [0.717, 1.165) is 19.4 Å². The summed E-state index contributed by atoms with van der Waals surface area (Å²) in [5.41, 5.74) is 4.43. The van der Waals surface area contributed by atoms with Crippen LogP contribution >= 0.6 is 11.3 Å². The summed E-state index contributed by atoms with van der Waals surface area (Å²) >= 11 is 1.81. The van der Waals surface area contributed by atoms with E-state index in [0.29, 0.717) is 49.8 Å². The number of carbonyl (C=O) groups excluding carboxylic acids is 2. The Morgan fingerprint density at radius 1 is 0.919 bits per heavy atom. The Hall–Kier alpha value is -3.36.